The molecule has 0 radical (unpaired) electrons. The van der Waals surface area contributed by atoms with Crippen LogP contribution in [-0.4, -0.2) is 44.9 Å². The number of hydrogen-bond acceptors (Lipinski definition) is 6. The second-order valence-corrected chi connectivity index (χ2v) is 8.83. The van der Waals surface area contributed by atoms with Gasteiger partial charge in [0, 0.05) is 43.5 Å². The summed E-state index contributed by atoms with van der Waals surface area (Å²) in [6, 6.07) is 2.07. The average molecular weight is 375 g/mol. The van der Waals surface area contributed by atoms with Gasteiger partial charge in [0.05, 0.1) is 5.69 Å². The third-order valence-electron chi connectivity index (χ3n) is 3.22. The van der Waals surface area contributed by atoms with Crippen LogP contribution in [0.2, 0.25) is 0 Å². The largest absolute Gasteiger partial charge is 0.362 e. The highest BCUT2D eigenvalue weighted by Gasteiger charge is 2.11. The molecule has 0 aliphatic carbocycles. The van der Waals surface area contributed by atoms with E-state index in [0.29, 0.717) is 6.54 Å². The Hall–Kier alpha value is -1.00. The molecule has 0 spiro atoms. The smallest absolute Gasteiger partial charge is 0.278 e. The molecule has 0 fully saturated rings. The lowest BCUT2D eigenvalue weighted by Gasteiger charge is -2.12. The summed E-state index contributed by atoms with van der Waals surface area (Å²) in [6.45, 7) is 1.32. The van der Waals surface area contributed by atoms with Crippen LogP contribution in [0.5, 0.6) is 0 Å². The minimum Gasteiger partial charge on any atom is -0.362 e. The van der Waals surface area contributed by atoms with Gasteiger partial charge in [0.2, 0.25) is 0 Å². The second kappa shape index (κ2) is 8.74. The summed E-state index contributed by atoms with van der Waals surface area (Å²) in [5.41, 5.74) is 2.17. The number of thiophene rings is 1. The van der Waals surface area contributed by atoms with E-state index in [2.05, 4.69) is 31.8 Å². The van der Waals surface area contributed by atoms with Crippen molar-refractivity contribution in [3.05, 3.63) is 22.2 Å². The van der Waals surface area contributed by atoms with Gasteiger partial charge in [0.25, 0.3) is 10.2 Å². The minimum atomic E-state index is -3.29. The van der Waals surface area contributed by atoms with Crippen molar-refractivity contribution in [3.63, 3.8) is 0 Å². The van der Waals surface area contributed by atoms with E-state index in [1.165, 1.54) is 18.4 Å². The summed E-state index contributed by atoms with van der Waals surface area (Å²) in [5, 5.41) is 10.4. The molecule has 2 aromatic heterocycles. The van der Waals surface area contributed by atoms with E-state index in [1.54, 1.807) is 22.7 Å². The molecule has 0 saturated carbocycles. The first kappa shape index (κ1) is 18.3. The number of anilines is 1. The fourth-order valence-corrected chi connectivity index (χ4v) is 3.91. The van der Waals surface area contributed by atoms with Crippen molar-refractivity contribution in [1.29, 1.82) is 0 Å². The first-order valence-electron chi connectivity index (χ1n) is 7.38. The molecule has 6 nitrogen and oxygen atoms in total. The summed E-state index contributed by atoms with van der Waals surface area (Å²) in [6.07, 6.45) is 2.77. The van der Waals surface area contributed by atoms with E-state index in [-0.39, 0.29) is 0 Å². The van der Waals surface area contributed by atoms with Gasteiger partial charge in [0.15, 0.2) is 5.13 Å². The third-order valence-corrected chi connectivity index (χ3v) is 6.23. The van der Waals surface area contributed by atoms with Gasteiger partial charge in [-0.15, -0.1) is 11.3 Å². The van der Waals surface area contributed by atoms with Gasteiger partial charge in [-0.05, 0) is 24.3 Å². The summed E-state index contributed by atoms with van der Waals surface area (Å²) >= 11 is 3.28. The first-order chi connectivity index (χ1) is 11.0. The van der Waals surface area contributed by atoms with Crippen molar-refractivity contribution < 1.29 is 8.42 Å². The summed E-state index contributed by atoms with van der Waals surface area (Å²) in [4.78, 5) is 4.56. The van der Waals surface area contributed by atoms with Gasteiger partial charge >= 0.3 is 0 Å². The van der Waals surface area contributed by atoms with E-state index in [4.69, 9.17) is 0 Å². The number of nitrogens with zero attached hydrogens (tertiary/aromatic N) is 2. The molecule has 0 unspecified atom stereocenters. The summed E-state index contributed by atoms with van der Waals surface area (Å²) in [5.74, 6) is 0. The molecular formula is C14H22N4O2S3. The van der Waals surface area contributed by atoms with Gasteiger partial charge in [-0.1, -0.05) is 6.42 Å². The van der Waals surface area contributed by atoms with Crippen LogP contribution < -0.4 is 10.0 Å². The highest BCUT2D eigenvalue weighted by atomic mass is 32.2. The standard InChI is InChI=1S/C14H22N4O2S3/c1-18(2)23(19,20)16-8-5-3-4-7-15-14-17-13(11-22-14)12-6-9-21-10-12/h6,9-11,16H,3-5,7-8H2,1-2H3,(H,15,17). The Morgan fingerprint density at radius 3 is 2.65 bits per heavy atom. The fraction of sp³-hybridized carbons (Fsp3) is 0.500. The maximum atomic E-state index is 11.5. The minimum absolute atomic E-state index is 0.472. The number of nitrogens with one attached hydrogen (secondary N) is 2. The quantitative estimate of drug-likeness (QED) is 0.627. The first-order valence-corrected chi connectivity index (χ1v) is 10.6. The Balaban J connectivity index is 1.59. The van der Waals surface area contributed by atoms with Crippen molar-refractivity contribution in [2.75, 3.05) is 32.5 Å². The van der Waals surface area contributed by atoms with Crippen molar-refractivity contribution in [2.24, 2.45) is 0 Å². The lowest BCUT2D eigenvalue weighted by atomic mass is 10.2. The van der Waals surface area contributed by atoms with Crippen LogP contribution in [0.4, 0.5) is 5.13 Å². The van der Waals surface area contributed by atoms with Crippen LogP contribution in [0.25, 0.3) is 11.3 Å². The zero-order chi connectivity index (χ0) is 16.7. The van der Waals surface area contributed by atoms with Crippen molar-refractivity contribution in [2.45, 2.75) is 19.3 Å². The van der Waals surface area contributed by atoms with Gasteiger partial charge in [-0.25, -0.2) is 9.71 Å². The molecule has 2 heterocycles. The number of rotatable bonds is 10. The predicted octanol–water partition coefficient (Wildman–Crippen LogP) is 2.85. The molecule has 2 N–H and O–H groups in total. The van der Waals surface area contributed by atoms with E-state index in [1.807, 2.05) is 5.38 Å². The molecule has 0 aromatic carbocycles. The van der Waals surface area contributed by atoms with Crippen LogP contribution in [0.15, 0.2) is 22.2 Å². The molecule has 0 bridgehead atoms. The third kappa shape index (κ3) is 5.85. The van der Waals surface area contributed by atoms with Gasteiger partial charge in [-0.3, -0.25) is 0 Å². The van der Waals surface area contributed by atoms with Gasteiger partial charge in [-0.2, -0.15) is 24.1 Å². The Kier molecular flexibility index (Phi) is 6.97. The molecule has 0 aliphatic rings. The number of thiazole rings is 1. The Labute approximate surface area is 145 Å². The average Bonchev–Trinajstić information content (AvgIpc) is 3.17. The normalized spacial score (nSPS) is 12.0. The maximum Gasteiger partial charge on any atom is 0.278 e. The molecule has 0 atom stereocenters. The number of unbranched alkanes of at least 4 members (excludes halogenated alkanes) is 2. The zero-order valence-corrected chi connectivity index (χ0v) is 15.7. The Bertz CT molecular complexity index is 681. The van der Waals surface area contributed by atoms with Crippen molar-refractivity contribution in [1.82, 2.24) is 14.0 Å². The van der Waals surface area contributed by atoms with Crippen LogP contribution in [0, 0.1) is 0 Å². The van der Waals surface area contributed by atoms with Crippen LogP contribution >= 0.6 is 22.7 Å². The molecule has 9 heteroatoms. The second-order valence-electron chi connectivity index (χ2n) is 5.22. The van der Waals surface area contributed by atoms with Crippen molar-refractivity contribution >= 4 is 38.0 Å². The van der Waals surface area contributed by atoms with Crippen LogP contribution in [0.3, 0.4) is 0 Å². The Morgan fingerprint density at radius 2 is 1.96 bits per heavy atom. The molecule has 2 rings (SSSR count). The topological polar surface area (TPSA) is 74.3 Å². The lowest BCUT2D eigenvalue weighted by molar-refractivity contribution is 0.502. The lowest BCUT2D eigenvalue weighted by Crippen LogP contribution is -2.36. The predicted molar refractivity (Wildman–Crippen MR) is 98.4 cm³/mol. The molecule has 0 amide bonds. The van der Waals surface area contributed by atoms with E-state index >= 15 is 0 Å². The van der Waals surface area contributed by atoms with Gasteiger partial charge < -0.3 is 5.32 Å². The Morgan fingerprint density at radius 1 is 1.17 bits per heavy atom. The maximum absolute atomic E-state index is 11.5. The van der Waals surface area contributed by atoms with E-state index in [0.717, 1.165) is 42.2 Å². The number of hydrogen-bond donors (Lipinski definition) is 2. The molecule has 23 heavy (non-hydrogen) atoms. The molecule has 0 aliphatic heterocycles. The van der Waals surface area contributed by atoms with E-state index < -0.39 is 10.2 Å². The molecule has 0 saturated heterocycles. The highest BCUT2D eigenvalue weighted by molar-refractivity contribution is 7.87. The summed E-state index contributed by atoms with van der Waals surface area (Å²) in [7, 11) is -0.256. The fourth-order valence-electron chi connectivity index (χ4n) is 1.85. The van der Waals surface area contributed by atoms with Crippen LogP contribution in [-0.2, 0) is 10.2 Å². The molecular weight excluding hydrogens is 352 g/mol. The summed E-state index contributed by atoms with van der Waals surface area (Å²) < 4.78 is 26.7. The van der Waals surface area contributed by atoms with Crippen LogP contribution in [0.1, 0.15) is 19.3 Å². The monoisotopic (exact) mass is 374 g/mol. The molecule has 128 valence electrons. The molecule has 2 aromatic rings. The number of aromatic nitrogens is 1. The van der Waals surface area contributed by atoms with Crippen molar-refractivity contribution in [3.8, 4) is 11.3 Å². The highest BCUT2D eigenvalue weighted by Crippen LogP contribution is 2.26. The SMILES string of the molecule is CN(C)S(=O)(=O)NCCCCCNc1nc(-c2ccsc2)cs1. The van der Waals surface area contributed by atoms with Gasteiger partial charge in [0.1, 0.15) is 0 Å². The van der Waals surface area contributed by atoms with E-state index in [9.17, 15) is 8.42 Å². The zero-order valence-electron chi connectivity index (χ0n) is 13.3.